The summed E-state index contributed by atoms with van der Waals surface area (Å²) >= 11 is 1.81. The van der Waals surface area contributed by atoms with E-state index in [1.54, 1.807) is 0 Å². The summed E-state index contributed by atoms with van der Waals surface area (Å²) in [6.45, 7) is 1.30. The van der Waals surface area contributed by atoms with E-state index in [0.717, 1.165) is 25.1 Å². The molecule has 1 aromatic rings. The van der Waals surface area contributed by atoms with Gasteiger partial charge in [-0.25, -0.2) is 0 Å². The van der Waals surface area contributed by atoms with Gasteiger partial charge in [0.25, 0.3) is 0 Å². The Morgan fingerprint density at radius 1 is 1.21 bits per heavy atom. The zero-order chi connectivity index (χ0) is 13.3. The average Bonchev–Trinajstić information content (AvgIpc) is 2.92. The van der Waals surface area contributed by atoms with Crippen LogP contribution in [0.2, 0.25) is 0 Å². The Labute approximate surface area is 119 Å². The van der Waals surface area contributed by atoms with Gasteiger partial charge in [0.2, 0.25) is 5.91 Å². The Morgan fingerprint density at radius 3 is 2.68 bits per heavy atom. The predicted molar refractivity (Wildman–Crippen MR) is 80.4 cm³/mol. The molecular formula is C15H22N2OS. The summed E-state index contributed by atoms with van der Waals surface area (Å²) in [5, 5.41) is 6.28. The maximum atomic E-state index is 11.7. The van der Waals surface area contributed by atoms with E-state index in [2.05, 4.69) is 22.8 Å². The topological polar surface area (TPSA) is 41.1 Å². The highest BCUT2D eigenvalue weighted by atomic mass is 32.2. The first-order valence-electron chi connectivity index (χ1n) is 7.02. The van der Waals surface area contributed by atoms with E-state index < -0.39 is 0 Å². The van der Waals surface area contributed by atoms with Gasteiger partial charge in [-0.1, -0.05) is 31.0 Å². The molecule has 0 aromatic heterocycles. The molecule has 0 bridgehead atoms. The van der Waals surface area contributed by atoms with Gasteiger partial charge in [-0.15, -0.1) is 11.8 Å². The lowest BCUT2D eigenvalue weighted by Gasteiger charge is -2.12. The van der Waals surface area contributed by atoms with E-state index >= 15 is 0 Å². The van der Waals surface area contributed by atoms with Gasteiger partial charge in [-0.2, -0.15) is 0 Å². The van der Waals surface area contributed by atoms with Crippen LogP contribution in [0.15, 0.2) is 35.2 Å². The lowest BCUT2D eigenvalue weighted by atomic mass is 10.2. The van der Waals surface area contributed by atoms with Gasteiger partial charge in [0, 0.05) is 23.2 Å². The molecule has 104 valence electrons. The number of benzene rings is 1. The Morgan fingerprint density at radius 2 is 1.95 bits per heavy atom. The summed E-state index contributed by atoms with van der Waals surface area (Å²) in [7, 11) is 0. The number of hydrogen-bond donors (Lipinski definition) is 2. The maximum Gasteiger partial charge on any atom is 0.234 e. The maximum absolute atomic E-state index is 11.7. The molecule has 0 radical (unpaired) electrons. The highest BCUT2D eigenvalue weighted by molar-refractivity contribution is 7.99. The minimum Gasteiger partial charge on any atom is -0.352 e. The second-order valence-corrected chi connectivity index (χ2v) is 6.06. The zero-order valence-corrected chi connectivity index (χ0v) is 12.0. The summed E-state index contributed by atoms with van der Waals surface area (Å²) in [5.41, 5.74) is 0. The molecule has 1 aliphatic carbocycles. The molecule has 0 heterocycles. The van der Waals surface area contributed by atoms with Gasteiger partial charge in [0.05, 0.1) is 6.54 Å². The van der Waals surface area contributed by atoms with E-state index in [-0.39, 0.29) is 5.91 Å². The largest absolute Gasteiger partial charge is 0.352 e. The smallest absolute Gasteiger partial charge is 0.234 e. The number of carbonyl (C=O) groups is 1. The summed E-state index contributed by atoms with van der Waals surface area (Å²) in [5.74, 6) is 1.12. The first kappa shape index (κ1) is 14.4. The van der Waals surface area contributed by atoms with Crippen molar-refractivity contribution in [2.45, 2.75) is 36.6 Å². The van der Waals surface area contributed by atoms with Crippen LogP contribution in [0.5, 0.6) is 0 Å². The highest BCUT2D eigenvalue weighted by Gasteiger charge is 2.16. The number of thioether (sulfide) groups is 1. The number of hydrogen-bond acceptors (Lipinski definition) is 3. The van der Waals surface area contributed by atoms with E-state index in [9.17, 15) is 4.79 Å². The lowest BCUT2D eigenvalue weighted by Crippen LogP contribution is -2.39. The predicted octanol–water partition coefficient (Wildman–Crippen LogP) is 2.43. The summed E-state index contributed by atoms with van der Waals surface area (Å²) in [4.78, 5) is 12.9. The van der Waals surface area contributed by atoms with Crippen molar-refractivity contribution >= 4 is 17.7 Å². The Balaban J connectivity index is 1.50. The van der Waals surface area contributed by atoms with Crippen LogP contribution in [-0.4, -0.2) is 30.8 Å². The molecule has 2 N–H and O–H groups in total. The highest BCUT2D eigenvalue weighted by Crippen LogP contribution is 2.17. The van der Waals surface area contributed by atoms with E-state index in [4.69, 9.17) is 0 Å². The second kappa shape index (κ2) is 8.23. The fourth-order valence-corrected chi connectivity index (χ4v) is 3.14. The molecule has 1 fully saturated rings. The molecule has 19 heavy (non-hydrogen) atoms. The SMILES string of the molecule is O=C(CNCCSc1ccccc1)NC1CCCC1. The van der Waals surface area contributed by atoms with Gasteiger partial charge >= 0.3 is 0 Å². The van der Waals surface area contributed by atoms with Gasteiger partial charge < -0.3 is 10.6 Å². The molecule has 0 aliphatic heterocycles. The minimum absolute atomic E-state index is 0.136. The van der Waals surface area contributed by atoms with Crippen molar-refractivity contribution in [3.63, 3.8) is 0 Å². The molecule has 0 atom stereocenters. The molecule has 0 saturated heterocycles. The third kappa shape index (κ3) is 5.66. The normalized spacial score (nSPS) is 15.6. The number of nitrogens with one attached hydrogen (secondary N) is 2. The van der Waals surface area contributed by atoms with Gasteiger partial charge in [0.1, 0.15) is 0 Å². The van der Waals surface area contributed by atoms with Crippen molar-refractivity contribution in [1.82, 2.24) is 10.6 Å². The van der Waals surface area contributed by atoms with E-state index in [0.29, 0.717) is 12.6 Å². The molecule has 0 spiro atoms. The van der Waals surface area contributed by atoms with Gasteiger partial charge in [0.15, 0.2) is 0 Å². The molecular weight excluding hydrogens is 256 g/mol. The van der Waals surface area contributed by atoms with Crippen molar-refractivity contribution in [1.29, 1.82) is 0 Å². The van der Waals surface area contributed by atoms with Crippen molar-refractivity contribution in [2.75, 3.05) is 18.8 Å². The quantitative estimate of drug-likeness (QED) is 0.594. The van der Waals surface area contributed by atoms with Crippen LogP contribution in [0.1, 0.15) is 25.7 Å². The van der Waals surface area contributed by atoms with Crippen LogP contribution < -0.4 is 10.6 Å². The Bertz CT molecular complexity index is 377. The van der Waals surface area contributed by atoms with Crippen LogP contribution in [0.4, 0.5) is 0 Å². The van der Waals surface area contributed by atoms with E-state index in [1.807, 2.05) is 30.0 Å². The van der Waals surface area contributed by atoms with Crippen molar-refractivity contribution in [2.24, 2.45) is 0 Å². The van der Waals surface area contributed by atoms with Crippen LogP contribution in [0.25, 0.3) is 0 Å². The number of rotatable bonds is 7. The average molecular weight is 278 g/mol. The standard InChI is InChI=1S/C15H22N2OS/c18-15(17-13-6-4-5-7-13)12-16-10-11-19-14-8-2-1-3-9-14/h1-3,8-9,13,16H,4-7,10-12H2,(H,17,18). The summed E-state index contributed by atoms with van der Waals surface area (Å²) in [6, 6.07) is 10.8. The minimum atomic E-state index is 0.136. The molecule has 0 unspecified atom stereocenters. The molecule has 3 nitrogen and oxygen atoms in total. The third-order valence-electron chi connectivity index (χ3n) is 3.30. The van der Waals surface area contributed by atoms with Gasteiger partial charge in [-0.05, 0) is 25.0 Å². The second-order valence-electron chi connectivity index (χ2n) is 4.89. The molecule has 4 heteroatoms. The summed E-state index contributed by atoms with van der Waals surface area (Å²) < 4.78 is 0. The van der Waals surface area contributed by atoms with Crippen LogP contribution in [0.3, 0.4) is 0 Å². The monoisotopic (exact) mass is 278 g/mol. The van der Waals surface area contributed by atoms with Crippen LogP contribution in [0, 0.1) is 0 Å². The molecule has 2 rings (SSSR count). The van der Waals surface area contributed by atoms with Crippen molar-refractivity contribution < 1.29 is 4.79 Å². The van der Waals surface area contributed by atoms with E-state index in [1.165, 1.54) is 17.7 Å². The molecule has 1 amide bonds. The Kier molecular flexibility index (Phi) is 6.24. The van der Waals surface area contributed by atoms with Gasteiger partial charge in [-0.3, -0.25) is 4.79 Å². The third-order valence-corrected chi connectivity index (χ3v) is 4.31. The van der Waals surface area contributed by atoms with Crippen molar-refractivity contribution in [3.8, 4) is 0 Å². The van der Waals surface area contributed by atoms with Crippen molar-refractivity contribution in [3.05, 3.63) is 30.3 Å². The fraction of sp³-hybridized carbons (Fsp3) is 0.533. The van der Waals surface area contributed by atoms with Crippen LogP contribution in [-0.2, 0) is 4.79 Å². The molecule has 1 saturated carbocycles. The zero-order valence-electron chi connectivity index (χ0n) is 11.2. The molecule has 1 aromatic carbocycles. The number of amides is 1. The Hall–Kier alpha value is -1.00. The first-order valence-corrected chi connectivity index (χ1v) is 8.01. The molecule has 1 aliphatic rings. The fourth-order valence-electron chi connectivity index (χ4n) is 2.31. The first-order chi connectivity index (χ1) is 9.34. The van der Waals surface area contributed by atoms with Crippen LogP contribution >= 0.6 is 11.8 Å². The number of carbonyl (C=O) groups excluding carboxylic acids is 1. The lowest BCUT2D eigenvalue weighted by molar-refractivity contribution is -0.120. The summed E-state index contributed by atoms with van der Waals surface area (Å²) in [6.07, 6.45) is 4.81.